The quantitative estimate of drug-likeness (QED) is 0.506. The molecule has 1 atom stereocenters. The van der Waals surface area contributed by atoms with Crippen molar-refractivity contribution in [1.29, 1.82) is 0 Å². The zero-order valence-electron chi connectivity index (χ0n) is 8.16. The fourth-order valence-corrected chi connectivity index (χ4v) is 0.832. The summed E-state index contributed by atoms with van der Waals surface area (Å²) in [7, 11) is 1.92. The predicted molar refractivity (Wildman–Crippen MR) is 54.4 cm³/mol. The SMILES string of the molecule is CC(S)NC(=O)CN(C)C(C)C. The summed E-state index contributed by atoms with van der Waals surface area (Å²) in [4.78, 5) is 13.1. The van der Waals surface area contributed by atoms with Crippen molar-refractivity contribution in [3.8, 4) is 0 Å². The van der Waals surface area contributed by atoms with E-state index in [4.69, 9.17) is 0 Å². The number of carbonyl (C=O) groups excluding carboxylic acids is 1. The predicted octanol–water partition coefficient (Wildman–Crippen LogP) is 0.719. The van der Waals surface area contributed by atoms with Gasteiger partial charge < -0.3 is 5.32 Å². The van der Waals surface area contributed by atoms with Crippen LogP contribution in [0.3, 0.4) is 0 Å². The van der Waals surface area contributed by atoms with Crippen molar-refractivity contribution in [2.75, 3.05) is 13.6 Å². The number of amides is 1. The molecule has 12 heavy (non-hydrogen) atoms. The van der Waals surface area contributed by atoms with Crippen LogP contribution in [-0.2, 0) is 4.79 Å². The largest absolute Gasteiger partial charge is 0.344 e. The van der Waals surface area contributed by atoms with Gasteiger partial charge in [0.25, 0.3) is 0 Å². The van der Waals surface area contributed by atoms with E-state index in [1.165, 1.54) is 0 Å². The third kappa shape index (κ3) is 5.43. The van der Waals surface area contributed by atoms with Crippen LogP contribution >= 0.6 is 12.6 Å². The molecule has 0 spiro atoms. The Labute approximate surface area is 79.9 Å². The lowest BCUT2D eigenvalue weighted by molar-refractivity contribution is -0.122. The Morgan fingerprint density at radius 2 is 2.00 bits per heavy atom. The van der Waals surface area contributed by atoms with Crippen molar-refractivity contribution in [2.45, 2.75) is 32.2 Å². The lowest BCUT2D eigenvalue weighted by Crippen LogP contribution is -2.40. The first-order valence-electron chi connectivity index (χ1n) is 4.11. The molecule has 1 N–H and O–H groups in total. The monoisotopic (exact) mass is 190 g/mol. The van der Waals surface area contributed by atoms with Gasteiger partial charge in [-0.15, -0.1) is 0 Å². The third-order valence-electron chi connectivity index (χ3n) is 1.64. The van der Waals surface area contributed by atoms with Crippen LogP contribution in [0.1, 0.15) is 20.8 Å². The van der Waals surface area contributed by atoms with Crippen molar-refractivity contribution in [1.82, 2.24) is 10.2 Å². The lowest BCUT2D eigenvalue weighted by Gasteiger charge is -2.20. The minimum Gasteiger partial charge on any atom is -0.344 e. The fourth-order valence-electron chi connectivity index (χ4n) is 0.688. The molecule has 0 aliphatic rings. The molecule has 0 radical (unpaired) electrons. The van der Waals surface area contributed by atoms with E-state index < -0.39 is 0 Å². The summed E-state index contributed by atoms with van der Waals surface area (Å²) in [6.07, 6.45) is 0. The molecule has 0 aliphatic heterocycles. The number of nitrogens with zero attached hydrogens (tertiary/aromatic N) is 1. The van der Waals surface area contributed by atoms with Crippen LogP contribution in [0, 0.1) is 0 Å². The van der Waals surface area contributed by atoms with Gasteiger partial charge in [-0.25, -0.2) is 0 Å². The van der Waals surface area contributed by atoms with Gasteiger partial charge in [0, 0.05) is 6.04 Å². The van der Waals surface area contributed by atoms with Gasteiger partial charge >= 0.3 is 0 Å². The summed E-state index contributed by atoms with van der Waals surface area (Å²) in [6.45, 7) is 6.37. The van der Waals surface area contributed by atoms with Gasteiger partial charge in [0.15, 0.2) is 0 Å². The molecule has 3 nitrogen and oxygen atoms in total. The van der Waals surface area contributed by atoms with E-state index in [9.17, 15) is 4.79 Å². The summed E-state index contributed by atoms with van der Waals surface area (Å²) in [5, 5.41) is 2.64. The van der Waals surface area contributed by atoms with Gasteiger partial charge in [0.05, 0.1) is 11.9 Å². The first kappa shape index (κ1) is 11.8. The molecule has 1 amide bonds. The zero-order valence-corrected chi connectivity index (χ0v) is 9.06. The summed E-state index contributed by atoms with van der Waals surface area (Å²) in [5.41, 5.74) is 0. The van der Waals surface area contributed by atoms with E-state index in [0.717, 1.165) is 0 Å². The minimum atomic E-state index is -0.0712. The molecule has 0 aliphatic carbocycles. The van der Waals surface area contributed by atoms with Crippen LogP contribution in [0.25, 0.3) is 0 Å². The van der Waals surface area contributed by atoms with Crippen molar-refractivity contribution in [3.63, 3.8) is 0 Å². The molecule has 0 saturated heterocycles. The van der Waals surface area contributed by atoms with E-state index in [1.807, 2.05) is 18.9 Å². The normalized spacial score (nSPS) is 13.6. The van der Waals surface area contributed by atoms with E-state index in [2.05, 4.69) is 31.8 Å². The average Bonchev–Trinajstić information content (AvgIpc) is 1.84. The number of hydrogen-bond donors (Lipinski definition) is 2. The Morgan fingerprint density at radius 3 is 2.33 bits per heavy atom. The van der Waals surface area contributed by atoms with Gasteiger partial charge in [-0.2, -0.15) is 12.6 Å². The lowest BCUT2D eigenvalue weighted by atomic mass is 10.3. The molecule has 0 heterocycles. The summed E-state index contributed by atoms with van der Waals surface area (Å²) in [6, 6.07) is 0.394. The summed E-state index contributed by atoms with van der Waals surface area (Å²) < 4.78 is 0. The number of likely N-dealkylation sites (N-methyl/N-ethyl adjacent to an activating group) is 1. The Kier molecular flexibility index (Phi) is 5.33. The van der Waals surface area contributed by atoms with Gasteiger partial charge in [0.1, 0.15) is 0 Å². The second-order valence-electron chi connectivity index (χ2n) is 3.25. The van der Waals surface area contributed by atoms with Crippen LogP contribution in [0.5, 0.6) is 0 Å². The third-order valence-corrected chi connectivity index (χ3v) is 1.77. The maximum absolute atomic E-state index is 11.2. The molecule has 4 heteroatoms. The van der Waals surface area contributed by atoms with Crippen molar-refractivity contribution in [3.05, 3.63) is 0 Å². The van der Waals surface area contributed by atoms with Crippen LogP contribution < -0.4 is 5.32 Å². The molecule has 0 aromatic rings. The number of rotatable bonds is 4. The number of nitrogens with one attached hydrogen (secondary N) is 1. The standard InChI is InChI=1S/C8H18N2OS/c1-6(2)10(4)5-8(11)9-7(3)12/h6-7,12H,5H2,1-4H3,(H,9,11). The molecule has 0 fully saturated rings. The summed E-state index contributed by atoms with van der Waals surface area (Å²) in [5.74, 6) is 0.0219. The fraction of sp³-hybridized carbons (Fsp3) is 0.875. The Balaban J connectivity index is 3.69. The van der Waals surface area contributed by atoms with Crippen LogP contribution in [0.2, 0.25) is 0 Å². The van der Waals surface area contributed by atoms with E-state index in [0.29, 0.717) is 12.6 Å². The molecule has 72 valence electrons. The second kappa shape index (κ2) is 5.43. The Hall–Kier alpha value is -0.220. The highest BCUT2D eigenvalue weighted by molar-refractivity contribution is 7.80. The molecule has 0 rings (SSSR count). The van der Waals surface area contributed by atoms with E-state index in [-0.39, 0.29) is 11.3 Å². The molecule has 0 aromatic carbocycles. The molecule has 0 bridgehead atoms. The van der Waals surface area contributed by atoms with E-state index >= 15 is 0 Å². The van der Waals surface area contributed by atoms with Gasteiger partial charge in [-0.1, -0.05) is 0 Å². The highest BCUT2D eigenvalue weighted by atomic mass is 32.1. The van der Waals surface area contributed by atoms with Gasteiger partial charge in [0.2, 0.25) is 5.91 Å². The minimum absolute atomic E-state index is 0.0219. The maximum atomic E-state index is 11.2. The average molecular weight is 190 g/mol. The molecule has 0 aromatic heterocycles. The van der Waals surface area contributed by atoms with E-state index in [1.54, 1.807) is 0 Å². The smallest absolute Gasteiger partial charge is 0.235 e. The number of carbonyl (C=O) groups is 1. The van der Waals surface area contributed by atoms with Gasteiger partial charge in [-0.3, -0.25) is 9.69 Å². The van der Waals surface area contributed by atoms with Crippen molar-refractivity contribution < 1.29 is 4.79 Å². The molecular weight excluding hydrogens is 172 g/mol. The Morgan fingerprint density at radius 1 is 1.50 bits per heavy atom. The van der Waals surface area contributed by atoms with Crippen LogP contribution in [0.15, 0.2) is 0 Å². The summed E-state index contributed by atoms with van der Waals surface area (Å²) >= 11 is 4.06. The Bertz CT molecular complexity index is 148. The maximum Gasteiger partial charge on any atom is 0.235 e. The first-order chi connectivity index (χ1) is 5.43. The number of hydrogen-bond acceptors (Lipinski definition) is 3. The van der Waals surface area contributed by atoms with Gasteiger partial charge in [-0.05, 0) is 27.8 Å². The van der Waals surface area contributed by atoms with Crippen LogP contribution in [-0.4, -0.2) is 35.8 Å². The highest BCUT2D eigenvalue weighted by Gasteiger charge is 2.09. The molecule has 0 saturated carbocycles. The second-order valence-corrected chi connectivity index (χ2v) is 4.03. The molecular formula is C8H18N2OS. The zero-order chi connectivity index (χ0) is 9.72. The highest BCUT2D eigenvalue weighted by Crippen LogP contribution is 1.93. The number of thiol groups is 1. The van der Waals surface area contributed by atoms with Crippen LogP contribution in [0.4, 0.5) is 0 Å². The molecule has 1 unspecified atom stereocenters. The van der Waals surface area contributed by atoms with Crippen molar-refractivity contribution in [2.24, 2.45) is 0 Å². The van der Waals surface area contributed by atoms with Crippen molar-refractivity contribution >= 4 is 18.5 Å². The topological polar surface area (TPSA) is 32.3 Å². The first-order valence-corrected chi connectivity index (χ1v) is 4.62.